The third kappa shape index (κ3) is 3.84. The molecule has 1 aromatic carbocycles. The van der Waals surface area contributed by atoms with Crippen LogP contribution in [-0.4, -0.2) is 29.2 Å². The SMILES string of the molecule is CC(C)(C)c1nc(NCCOc2ccc3c(c2)CCC(=O)N3)no1. The van der Waals surface area contributed by atoms with E-state index in [1.54, 1.807) is 0 Å². The van der Waals surface area contributed by atoms with Crippen LogP contribution in [0.2, 0.25) is 0 Å². The summed E-state index contributed by atoms with van der Waals surface area (Å²) in [7, 11) is 0. The van der Waals surface area contributed by atoms with Crippen molar-refractivity contribution in [3.63, 3.8) is 0 Å². The molecule has 128 valence electrons. The van der Waals surface area contributed by atoms with E-state index in [4.69, 9.17) is 9.26 Å². The first-order valence-corrected chi connectivity index (χ1v) is 8.05. The van der Waals surface area contributed by atoms with Crippen molar-refractivity contribution < 1.29 is 14.1 Å². The Morgan fingerprint density at radius 1 is 1.33 bits per heavy atom. The molecule has 0 radical (unpaired) electrons. The van der Waals surface area contributed by atoms with Gasteiger partial charge in [-0.1, -0.05) is 20.8 Å². The van der Waals surface area contributed by atoms with E-state index in [9.17, 15) is 4.79 Å². The number of amides is 1. The van der Waals surface area contributed by atoms with Gasteiger partial charge in [-0.15, -0.1) is 0 Å². The molecule has 7 nitrogen and oxygen atoms in total. The number of nitrogens with zero attached hydrogens (tertiary/aromatic N) is 2. The Morgan fingerprint density at radius 2 is 2.17 bits per heavy atom. The molecule has 24 heavy (non-hydrogen) atoms. The van der Waals surface area contributed by atoms with Crippen LogP contribution in [0.4, 0.5) is 11.6 Å². The summed E-state index contributed by atoms with van der Waals surface area (Å²) in [6.45, 7) is 7.10. The number of carbonyl (C=O) groups excluding carboxylic acids is 1. The summed E-state index contributed by atoms with van der Waals surface area (Å²) in [4.78, 5) is 15.7. The fourth-order valence-electron chi connectivity index (χ4n) is 2.38. The molecular formula is C17H22N4O3. The third-order valence-electron chi connectivity index (χ3n) is 3.69. The molecule has 1 aromatic heterocycles. The average Bonchev–Trinajstić information content (AvgIpc) is 3.01. The predicted molar refractivity (Wildman–Crippen MR) is 90.4 cm³/mol. The molecule has 3 rings (SSSR count). The van der Waals surface area contributed by atoms with Gasteiger partial charge in [0.05, 0.1) is 6.54 Å². The Morgan fingerprint density at radius 3 is 2.92 bits per heavy atom. The molecule has 1 aliphatic rings. The first-order chi connectivity index (χ1) is 11.4. The van der Waals surface area contributed by atoms with Crippen molar-refractivity contribution >= 4 is 17.5 Å². The summed E-state index contributed by atoms with van der Waals surface area (Å²) in [5, 5.41) is 9.83. The minimum absolute atomic E-state index is 0.0649. The Balaban J connectivity index is 1.48. The molecule has 0 fully saturated rings. The van der Waals surface area contributed by atoms with Gasteiger partial charge in [-0.05, 0) is 35.3 Å². The lowest BCUT2D eigenvalue weighted by Crippen LogP contribution is -2.19. The van der Waals surface area contributed by atoms with Crippen LogP contribution in [0.1, 0.15) is 38.6 Å². The Labute approximate surface area is 140 Å². The summed E-state index contributed by atoms with van der Waals surface area (Å²) in [5.41, 5.74) is 1.81. The standard InChI is InChI=1S/C17H22N4O3/c1-17(2,3)15-20-16(21-24-15)18-8-9-23-12-5-6-13-11(10-12)4-7-14(22)19-13/h5-6,10H,4,7-9H2,1-3H3,(H,18,21)(H,19,22). The molecule has 2 heterocycles. The summed E-state index contributed by atoms with van der Waals surface area (Å²) in [5.74, 6) is 1.92. The van der Waals surface area contributed by atoms with E-state index >= 15 is 0 Å². The Bertz CT molecular complexity index is 734. The largest absolute Gasteiger partial charge is 0.492 e. The zero-order valence-electron chi connectivity index (χ0n) is 14.2. The lowest BCUT2D eigenvalue weighted by atomic mass is 9.97. The van der Waals surface area contributed by atoms with Gasteiger partial charge < -0.3 is 19.9 Å². The quantitative estimate of drug-likeness (QED) is 0.820. The second kappa shape index (κ2) is 6.51. The Kier molecular flexibility index (Phi) is 4.42. The molecule has 0 aliphatic carbocycles. The minimum Gasteiger partial charge on any atom is -0.492 e. The van der Waals surface area contributed by atoms with E-state index in [0.29, 0.717) is 31.4 Å². The molecule has 0 atom stereocenters. The number of benzene rings is 1. The maximum absolute atomic E-state index is 11.3. The van der Waals surface area contributed by atoms with Crippen LogP contribution < -0.4 is 15.4 Å². The molecule has 1 aliphatic heterocycles. The van der Waals surface area contributed by atoms with Crippen molar-refractivity contribution in [3.05, 3.63) is 29.7 Å². The second-order valence-corrected chi connectivity index (χ2v) is 6.82. The van der Waals surface area contributed by atoms with Gasteiger partial charge >= 0.3 is 0 Å². The van der Waals surface area contributed by atoms with Crippen molar-refractivity contribution in [3.8, 4) is 5.75 Å². The van der Waals surface area contributed by atoms with E-state index in [0.717, 1.165) is 23.4 Å². The zero-order chi connectivity index (χ0) is 17.2. The van der Waals surface area contributed by atoms with Crippen molar-refractivity contribution in [2.45, 2.75) is 39.0 Å². The number of nitrogens with one attached hydrogen (secondary N) is 2. The van der Waals surface area contributed by atoms with Gasteiger partial charge in [0, 0.05) is 17.5 Å². The van der Waals surface area contributed by atoms with Gasteiger partial charge in [0.2, 0.25) is 11.8 Å². The van der Waals surface area contributed by atoms with Gasteiger partial charge in [0.25, 0.3) is 5.95 Å². The maximum atomic E-state index is 11.3. The number of anilines is 2. The first kappa shape index (κ1) is 16.3. The number of ether oxygens (including phenoxy) is 1. The number of aromatic nitrogens is 2. The normalized spacial score (nSPS) is 14.0. The lowest BCUT2D eigenvalue weighted by molar-refractivity contribution is -0.116. The summed E-state index contributed by atoms with van der Waals surface area (Å²) >= 11 is 0. The summed E-state index contributed by atoms with van der Waals surface area (Å²) in [6.07, 6.45) is 1.26. The maximum Gasteiger partial charge on any atom is 0.263 e. The van der Waals surface area contributed by atoms with E-state index < -0.39 is 0 Å². The molecule has 7 heteroatoms. The molecule has 0 unspecified atom stereocenters. The smallest absolute Gasteiger partial charge is 0.263 e. The summed E-state index contributed by atoms with van der Waals surface area (Å²) in [6, 6.07) is 5.71. The highest BCUT2D eigenvalue weighted by Gasteiger charge is 2.21. The van der Waals surface area contributed by atoms with E-state index in [2.05, 4.69) is 20.8 Å². The van der Waals surface area contributed by atoms with Crippen molar-refractivity contribution in [1.29, 1.82) is 0 Å². The zero-order valence-corrected chi connectivity index (χ0v) is 14.2. The highest BCUT2D eigenvalue weighted by atomic mass is 16.5. The number of hydrogen-bond acceptors (Lipinski definition) is 6. The van der Waals surface area contributed by atoms with Crippen LogP contribution in [0.25, 0.3) is 0 Å². The highest BCUT2D eigenvalue weighted by Crippen LogP contribution is 2.26. The van der Waals surface area contributed by atoms with Gasteiger partial charge in [0.15, 0.2) is 0 Å². The molecule has 0 spiro atoms. The molecule has 2 aromatic rings. The first-order valence-electron chi connectivity index (χ1n) is 8.05. The van der Waals surface area contributed by atoms with Crippen LogP contribution in [0, 0.1) is 0 Å². The number of aryl methyl sites for hydroxylation is 1. The highest BCUT2D eigenvalue weighted by molar-refractivity contribution is 5.93. The van der Waals surface area contributed by atoms with Gasteiger partial charge in [-0.2, -0.15) is 4.98 Å². The number of hydrogen-bond donors (Lipinski definition) is 2. The number of rotatable bonds is 5. The molecule has 1 amide bonds. The lowest BCUT2D eigenvalue weighted by Gasteiger charge is -2.17. The van der Waals surface area contributed by atoms with Crippen LogP contribution in [0.15, 0.2) is 22.7 Å². The molecule has 0 bridgehead atoms. The van der Waals surface area contributed by atoms with E-state index in [-0.39, 0.29) is 11.3 Å². The molecule has 0 saturated heterocycles. The predicted octanol–water partition coefficient (Wildman–Crippen LogP) is 2.74. The van der Waals surface area contributed by atoms with E-state index in [1.807, 2.05) is 39.0 Å². The van der Waals surface area contributed by atoms with Crippen molar-refractivity contribution in [2.24, 2.45) is 0 Å². The monoisotopic (exact) mass is 330 g/mol. The van der Waals surface area contributed by atoms with Crippen LogP contribution in [0.3, 0.4) is 0 Å². The summed E-state index contributed by atoms with van der Waals surface area (Å²) < 4.78 is 10.9. The van der Waals surface area contributed by atoms with Crippen LogP contribution >= 0.6 is 0 Å². The van der Waals surface area contributed by atoms with Gasteiger partial charge in [-0.3, -0.25) is 4.79 Å². The fraction of sp³-hybridized carbons (Fsp3) is 0.471. The minimum atomic E-state index is -0.165. The Hall–Kier alpha value is -2.57. The number of carbonyl (C=O) groups is 1. The second-order valence-electron chi connectivity index (χ2n) is 6.82. The average molecular weight is 330 g/mol. The van der Waals surface area contributed by atoms with Crippen LogP contribution in [0.5, 0.6) is 5.75 Å². The molecule has 0 saturated carbocycles. The van der Waals surface area contributed by atoms with Crippen molar-refractivity contribution in [2.75, 3.05) is 23.8 Å². The fourth-order valence-corrected chi connectivity index (χ4v) is 2.38. The van der Waals surface area contributed by atoms with Gasteiger partial charge in [0.1, 0.15) is 12.4 Å². The van der Waals surface area contributed by atoms with Gasteiger partial charge in [-0.25, -0.2) is 0 Å². The molecule has 2 N–H and O–H groups in total. The van der Waals surface area contributed by atoms with Crippen LogP contribution in [-0.2, 0) is 16.6 Å². The third-order valence-corrected chi connectivity index (χ3v) is 3.69. The molecular weight excluding hydrogens is 308 g/mol. The topological polar surface area (TPSA) is 89.3 Å². The van der Waals surface area contributed by atoms with E-state index in [1.165, 1.54) is 0 Å². The van der Waals surface area contributed by atoms with Crippen molar-refractivity contribution in [1.82, 2.24) is 10.1 Å². The number of fused-ring (bicyclic) bond motifs is 1.